The van der Waals surface area contributed by atoms with Crippen LogP contribution in [0.4, 0.5) is 0 Å². The third-order valence-corrected chi connectivity index (χ3v) is 8.50. The van der Waals surface area contributed by atoms with Crippen molar-refractivity contribution in [2.75, 3.05) is 0 Å². The quantitative estimate of drug-likeness (QED) is 0.202. The molecule has 0 N–H and O–H groups in total. The lowest BCUT2D eigenvalue weighted by Crippen LogP contribution is -2.17. The highest BCUT2D eigenvalue weighted by atomic mass is 14.4. The Morgan fingerprint density at radius 2 is 1.08 bits per heavy atom. The average molecular weight is 461 g/mol. The Bertz CT molecular complexity index is 1770. The van der Waals surface area contributed by atoms with Crippen molar-refractivity contribution >= 4 is 10.8 Å². The largest absolute Gasteiger partial charge is 0.0622 e. The molecule has 0 nitrogen and oxygen atoms in total. The van der Waals surface area contributed by atoms with Crippen LogP contribution in [-0.2, 0) is 10.8 Å². The SMILES string of the molecule is CC1(C)c2ccccc2-c2cc3c(cc21)-c1c(cc(C#Cc2ccccc2)c2ccccc12)C3(C)C. The number of benzene rings is 5. The van der Waals surface area contributed by atoms with Gasteiger partial charge < -0.3 is 0 Å². The van der Waals surface area contributed by atoms with Gasteiger partial charge in [-0.2, -0.15) is 0 Å². The van der Waals surface area contributed by atoms with Gasteiger partial charge in [-0.05, 0) is 85.6 Å². The molecular formula is C36H28. The van der Waals surface area contributed by atoms with E-state index in [9.17, 15) is 0 Å². The molecule has 36 heavy (non-hydrogen) atoms. The molecule has 5 aromatic rings. The van der Waals surface area contributed by atoms with E-state index in [1.165, 1.54) is 55.3 Å². The molecule has 0 fully saturated rings. The first-order valence-corrected chi connectivity index (χ1v) is 12.8. The van der Waals surface area contributed by atoms with Gasteiger partial charge in [0, 0.05) is 22.0 Å². The third kappa shape index (κ3) is 2.78. The summed E-state index contributed by atoms with van der Waals surface area (Å²) in [5, 5.41) is 2.53. The summed E-state index contributed by atoms with van der Waals surface area (Å²) < 4.78 is 0. The number of rotatable bonds is 0. The molecule has 0 amide bonds. The molecule has 0 spiro atoms. The van der Waals surface area contributed by atoms with Crippen molar-refractivity contribution in [3.8, 4) is 34.1 Å². The summed E-state index contributed by atoms with van der Waals surface area (Å²) in [5.74, 6) is 6.92. The van der Waals surface area contributed by atoms with E-state index in [4.69, 9.17) is 0 Å². The summed E-state index contributed by atoms with van der Waals surface area (Å²) >= 11 is 0. The predicted molar refractivity (Wildman–Crippen MR) is 151 cm³/mol. The summed E-state index contributed by atoms with van der Waals surface area (Å²) in [6.45, 7) is 9.48. The molecule has 0 aliphatic heterocycles. The van der Waals surface area contributed by atoms with E-state index in [0.29, 0.717) is 0 Å². The molecule has 0 unspecified atom stereocenters. The van der Waals surface area contributed by atoms with Gasteiger partial charge in [-0.25, -0.2) is 0 Å². The molecule has 0 heterocycles. The van der Waals surface area contributed by atoms with Crippen molar-refractivity contribution in [2.24, 2.45) is 0 Å². The highest BCUT2D eigenvalue weighted by Gasteiger charge is 2.42. The third-order valence-electron chi connectivity index (χ3n) is 8.50. The van der Waals surface area contributed by atoms with Crippen molar-refractivity contribution in [2.45, 2.75) is 38.5 Å². The van der Waals surface area contributed by atoms with Crippen LogP contribution in [0.25, 0.3) is 33.0 Å². The van der Waals surface area contributed by atoms with E-state index in [2.05, 4.69) is 118 Å². The van der Waals surface area contributed by atoms with Gasteiger partial charge in [0.1, 0.15) is 0 Å². The molecule has 0 heteroatoms. The zero-order valence-electron chi connectivity index (χ0n) is 21.2. The first kappa shape index (κ1) is 21.2. The summed E-state index contributed by atoms with van der Waals surface area (Å²) in [5.41, 5.74) is 13.2. The van der Waals surface area contributed by atoms with Crippen molar-refractivity contribution in [1.29, 1.82) is 0 Å². The molecule has 0 atom stereocenters. The van der Waals surface area contributed by atoms with Gasteiger partial charge in [-0.15, -0.1) is 0 Å². The molecular weight excluding hydrogens is 432 g/mol. The highest BCUT2D eigenvalue weighted by Crippen LogP contribution is 2.57. The Labute approximate surface area is 213 Å². The summed E-state index contributed by atoms with van der Waals surface area (Å²) in [6.07, 6.45) is 0. The van der Waals surface area contributed by atoms with Gasteiger partial charge in [0.2, 0.25) is 0 Å². The normalized spacial score (nSPS) is 15.4. The molecule has 0 saturated heterocycles. The summed E-state index contributed by atoms with van der Waals surface area (Å²) in [7, 11) is 0. The molecule has 172 valence electrons. The lowest BCUT2D eigenvalue weighted by atomic mass is 9.79. The fourth-order valence-electron chi connectivity index (χ4n) is 6.54. The number of hydrogen-bond acceptors (Lipinski definition) is 0. The zero-order chi connectivity index (χ0) is 24.7. The maximum atomic E-state index is 3.52. The topological polar surface area (TPSA) is 0 Å². The van der Waals surface area contributed by atoms with E-state index in [1.807, 2.05) is 18.2 Å². The van der Waals surface area contributed by atoms with Crippen LogP contribution >= 0.6 is 0 Å². The average Bonchev–Trinajstić information content (AvgIpc) is 3.26. The number of hydrogen-bond donors (Lipinski definition) is 0. The minimum absolute atomic E-state index is 0.00917. The first-order valence-electron chi connectivity index (χ1n) is 12.8. The fourth-order valence-corrected chi connectivity index (χ4v) is 6.54. The molecule has 0 radical (unpaired) electrons. The van der Waals surface area contributed by atoms with Crippen LogP contribution in [0.15, 0.2) is 97.1 Å². The predicted octanol–water partition coefficient (Wildman–Crippen LogP) is 8.85. The second kappa shape index (κ2) is 7.22. The van der Waals surface area contributed by atoms with E-state index in [0.717, 1.165) is 11.1 Å². The molecule has 7 rings (SSSR count). The van der Waals surface area contributed by atoms with Gasteiger partial charge in [-0.3, -0.25) is 0 Å². The minimum Gasteiger partial charge on any atom is -0.0622 e. The van der Waals surface area contributed by atoms with Gasteiger partial charge in [-0.1, -0.05) is 106 Å². The van der Waals surface area contributed by atoms with Crippen LogP contribution in [0.1, 0.15) is 61.1 Å². The van der Waals surface area contributed by atoms with Crippen LogP contribution in [0, 0.1) is 11.8 Å². The zero-order valence-corrected chi connectivity index (χ0v) is 21.2. The Morgan fingerprint density at radius 1 is 0.472 bits per heavy atom. The minimum atomic E-state index is -0.103. The summed E-state index contributed by atoms with van der Waals surface area (Å²) in [6, 6.07) is 35.3. The van der Waals surface area contributed by atoms with Crippen molar-refractivity contribution in [1.82, 2.24) is 0 Å². The van der Waals surface area contributed by atoms with Crippen LogP contribution in [-0.4, -0.2) is 0 Å². The Kier molecular flexibility index (Phi) is 4.26. The Hall–Kier alpha value is -4.08. The Balaban J connectivity index is 1.51. The van der Waals surface area contributed by atoms with Crippen molar-refractivity contribution < 1.29 is 0 Å². The molecule has 2 aliphatic carbocycles. The van der Waals surface area contributed by atoms with Gasteiger partial charge >= 0.3 is 0 Å². The van der Waals surface area contributed by atoms with E-state index in [1.54, 1.807) is 0 Å². The van der Waals surface area contributed by atoms with E-state index < -0.39 is 0 Å². The van der Waals surface area contributed by atoms with E-state index in [-0.39, 0.29) is 10.8 Å². The van der Waals surface area contributed by atoms with Gasteiger partial charge in [0.25, 0.3) is 0 Å². The second-order valence-corrected chi connectivity index (χ2v) is 11.2. The molecule has 5 aromatic carbocycles. The van der Waals surface area contributed by atoms with Crippen LogP contribution in [0.5, 0.6) is 0 Å². The van der Waals surface area contributed by atoms with E-state index >= 15 is 0 Å². The maximum Gasteiger partial charge on any atom is 0.0331 e. The number of fused-ring (bicyclic) bond motifs is 8. The van der Waals surface area contributed by atoms with Gasteiger partial charge in [0.05, 0.1) is 0 Å². The van der Waals surface area contributed by atoms with Crippen LogP contribution in [0.2, 0.25) is 0 Å². The highest BCUT2D eigenvalue weighted by molar-refractivity contribution is 6.06. The second-order valence-electron chi connectivity index (χ2n) is 11.2. The van der Waals surface area contributed by atoms with Crippen LogP contribution < -0.4 is 0 Å². The molecule has 0 aromatic heterocycles. The fraction of sp³-hybridized carbons (Fsp3) is 0.167. The summed E-state index contributed by atoms with van der Waals surface area (Å²) in [4.78, 5) is 0. The van der Waals surface area contributed by atoms with Crippen molar-refractivity contribution in [3.63, 3.8) is 0 Å². The molecule has 2 aliphatic rings. The first-order chi connectivity index (χ1) is 17.4. The maximum absolute atomic E-state index is 3.52. The van der Waals surface area contributed by atoms with Crippen molar-refractivity contribution in [3.05, 3.63) is 130 Å². The lowest BCUT2D eigenvalue weighted by molar-refractivity contribution is 0.652. The lowest BCUT2D eigenvalue weighted by Gasteiger charge is -2.24. The monoisotopic (exact) mass is 460 g/mol. The smallest absolute Gasteiger partial charge is 0.0331 e. The van der Waals surface area contributed by atoms with Crippen LogP contribution in [0.3, 0.4) is 0 Å². The standard InChI is InChI=1S/C36H28/c1-35(2)30-17-11-10-15-26(30)28-21-32-29(22-31(28)35)34-27-16-9-8-14-25(27)24(20-33(34)36(32,3)4)19-18-23-12-6-5-7-13-23/h5-17,20-22H,1-4H3. The Morgan fingerprint density at radius 3 is 1.89 bits per heavy atom. The molecule has 0 bridgehead atoms. The van der Waals surface area contributed by atoms with Gasteiger partial charge in [0.15, 0.2) is 0 Å². The molecule has 0 saturated carbocycles.